The van der Waals surface area contributed by atoms with Crippen molar-refractivity contribution in [1.82, 2.24) is 0 Å². The van der Waals surface area contributed by atoms with E-state index in [4.69, 9.17) is 0 Å². The molecule has 2 N–H and O–H groups in total. The van der Waals surface area contributed by atoms with Crippen LogP contribution in [0.25, 0.3) is 0 Å². The van der Waals surface area contributed by atoms with Crippen molar-refractivity contribution in [2.75, 3.05) is 31.2 Å². The minimum atomic E-state index is -3.24. The normalized spacial score (nSPS) is 16.9. The Morgan fingerprint density at radius 1 is 1.25 bits per heavy atom. The highest BCUT2D eigenvalue weighted by atomic mass is 32.2. The topological polar surface area (TPSA) is 67.7 Å². The Bertz CT molecular complexity index is 578. The third-order valence-electron chi connectivity index (χ3n) is 3.52. The maximum atomic E-state index is 12.0. The van der Waals surface area contributed by atoms with Crippen molar-refractivity contribution in [1.29, 1.82) is 0 Å². The van der Waals surface area contributed by atoms with E-state index in [2.05, 4.69) is 5.32 Å². The van der Waals surface area contributed by atoms with E-state index in [0.29, 0.717) is 12.2 Å². The summed E-state index contributed by atoms with van der Waals surface area (Å²) in [4.78, 5) is 13.5. The van der Waals surface area contributed by atoms with E-state index in [9.17, 15) is 13.2 Å². The number of hydrogen-bond acceptors (Lipinski definition) is 3. The predicted molar refractivity (Wildman–Crippen MR) is 77.6 cm³/mol. The molecule has 6 heteroatoms. The highest BCUT2D eigenvalue weighted by Crippen LogP contribution is 2.14. The van der Waals surface area contributed by atoms with Crippen LogP contribution in [0.4, 0.5) is 5.69 Å². The van der Waals surface area contributed by atoms with Crippen LogP contribution in [-0.4, -0.2) is 40.2 Å². The number of carbonyl (C=O) groups is 1. The molecule has 0 aromatic heterocycles. The largest absolute Gasteiger partial charge is 0.327 e. The third kappa shape index (κ3) is 4.31. The predicted octanol–water partition coefficient (Wildman–Crippen LogP) is 0.0974. The molecule has 1 heterocycles. The van der Waals surface area contributed by atoms with E-state index < -0.39 is 9.84 Å². The molecule has 0 radical (unpaired) electrons. The van der Waals surface area contributed by atoms with Crippen molar-refractivity contribution >= 4 is 21.4 Å². The molecule has 1 saturated heterocycles. The number of anilines is 1. The third-order valence-corrected chi connectivity index (χ3v) is 4.63. The van der Waals surface area contributed by atoms with Crippen LogP contribution in [0, 0.1) is 0 Å². The van der Waals surface area contributed by atoms with Gasteiger partial charge in [-0.1, -0.05) is 6.07 Å². The average molecular weight is 297 g/mol. The Labute approximate surface area is 119 Å². The molecule has 0 atom stereocenters. The molecule has 0 bridgehead atoms. The molecule has 1 amide bonds. The van der Waals surface area contributed by atoms with Crippen molar-refractivity contribution in [3.05, 3.63) is 24.3 Å². The number of hydrogen-bond donors (Lipinski definition) is 2. The summed E-state index contributed by atoms with van der Waals surface area (Å²) >= 11 is 0. The molecule has 1 aromatic carbocycles. The van der Waals surface area contributed by atoms with Crippen LogP contribution in [-0.2, 0) is 14.6 Å². The van der Waals surface area contributed by atoms with Crippen LogP contribution in [0.5, 0.6) is 0 Å². The Balaban J connectivity index is 1.97. The van der Waals surface area contributed by atoms with E-state index in [1.807, 2.05) is 0 Å². The molecule has 0 aliphatic carbocycles. The molecule has 0 unspecified atom stereocenters. The summed E-state index contributed by atoms with van der Waals surface area (Å²) in [6.07, 6.45) is 4.76. The number of piperidine rings is 1. The number of likely N-dealkylation sites (tertiary alicyclic amines) is 1. The zero-order valence-corrected chi connectivity index (χ0v) is 12.5. The second-order valence-corrected chi connectivity index (χ2v) is 7.35. The van der Waals surface area contributed by atoms with Crippen LogP contribution in [0.1, 0.15) is 19.3 Å². The van der Waals surface area contributed by atoms with E-state index in [-0.39, 0.29) is 10.8 Å². The van der Waals surface area contributed by atoms with Gasteiger partial charge in [-0.05, 0) is 37.5 Å². The van der Waals surface area contributed by atoms with Crippen LogP contribution in [0.3, 0.4) is 0 Å². The molecule has 2 rings (SSSR count). The van der Waals surface area contributed by atoms with E-state index >= 15 is 0 Å². The molecule has 0 saturated carbocycles. The van der Waals surface area contributed by atoms with Gasteiger partial charge in [0.25, 0.3) is 5.91 Å². The monoisotopic (exact) mass is 297 g/mol. The minimum absolute atomic E-state index is 0.0625. The molecule has 110 valence electrons. The number of nitrogens with one attached hydrogen (secondary N) is 2. The van der Waals surface area contributed by atoms with Crippen LogP contribution in [0.15, 0.2) is 29.2 Å². The van der Waals surface area contributed by atoms with Gasteiger partial charge in [-0.25, -0.2) is 8.42 Å². The van der Waals surface area contributed by atoms with Gasteiger partial charge in [0.15, 0.2) is 16.4 Å². The molecule has 20 heavy (non-hydrogen) atoms. The second-order valence-electron chi connectivity index (χ2n) is 5.34. The molecule has 5 nitrogen and oxygen atoms in total. The smallest absolute Gasteiger partial charge is 0.279 e. The number of rotatable bonds is 4. The van der Waals surface area contributed by atoms with E-state index in [0.717, 1.165) is 19.3 Å². The molecular formula is C14H21N2O3S+. The Morgan fingerprint density at radius 3 is 2.60 bits per heavy atom. The van der Waals surface area contributed by atoms with E-state index in [1.165, 1.54) is 36.3 Å². The Kier molecular flexibility index (Phi) is 4.77. The molecular weight excluding hydrogens is 276 g/mol. The van der Waals surface area contributed by atoms with Gasteiger partial charge in [0.05, 0.1) is 18.0 Å². The van der Waals surface area contributed by atoms with Gasteiger partial charge in [0.1, 0.15) is 0 Å². The highest BCUT2D eigenvalue weighted by Gasteiger charge is 2.17. The van der Waals surface area contributed by atoms with Gasteiger partial charge < -0.3 is 10.2 Å². The summed E-state index contributed by atoms with van der Waals surface area (Å²) in [6.45, 7) is 2.52. The SMILES string of the molecule is CS(=O)(=O)c1cccc(NC(=O)C[NH+]2CCCCC2)c1. The van der Waals surface area contributed by atoms with Gasteiger partial charge in [-0.2, -0.15) is 0 Å². The van der Waals surface area contributed by atoms with Gasteiger partial charge in [0, 0.05) is 11.9 Å². The maximum absolute atomic E-state index is 12.0. The summed E-state index contributed by atoms with van der Waals surface area (Å²) < 4.78 is 22.9. The lowest BCUT2D eigenvalue weighted by atomic mass is 10.1. The summed E-state index contributed by atoms with van der Waals surface area (Å²) in [5.74, 6) is -0.0625. The fourth-order valence-electron chi connectivity index (χ4n) is 2.47. The van der Waals surface area contributed by atoms with Crippen molar-refractivity contribution < 1.29 is 18.1 Å². The number of sulfone groups is 1. The molecule has 1 aliphatic heterocycles. The minimum Gasteiger partial charge on any atom is -0.327 e. The summed E-state index contributed by atoms with van der Waals surface area (Å²) in [6, 6.07) is 6.37. The van der Waals surface area contributed by atoms with Crippen molar-refractivity contribution in [2.45, 2.75) is 24.2 Å². The lowest BCUT2D eigenvalue weighted by molar-refractivity contribution is -0.896. The van der Waals surface area contributed by atoms with E-state index in [1.54, 1.807) is 12.1 Å². The molecule has 0 spiro atoms. The molecule has 1 fully saturated rings. The van der Waals surface area contributed by atoms with Crippen LogP contribution in [0.2, 0.25) is 0 Å². The quantitative estimate of drug-likeness (QED) is 0.828. The summed E-state index contributed by atoms with van der Waals surface area (Å²) in [5.41, 5.74) is 0.536. The first-order valence-electron chi connectivity index (χ1n) is 6.89. The van der Waals surface area contributed by atoms with Crippen molar-refractivity contribution in [2.24, 2.45) is 0 Å². The number of carbonyl (C=O) groups excluding carboxylic acids is 1. The zero-order valence-electron chi connectivity index (χ0n) is 11.7. The van der Waals surface area contributed by atoms with Gasteiger partial charge in [-0.3, -0.25) is 4.79 Å². The summed E-state index contributed by atoms with van der Waals surface area (Å²) in [7, 11) is -3.24. The van der Waals surface area contributed by atoms with Crippen LogP contribution >= 0.6 is 0 Å². The molecule has 1 aromatic rings. The first kappa shape index (κ1) is 15.0. The van der Waals surface area contributed by atoms with Gasteiger partial charge in [-0.15, -0.1) is 0 Å². The average Bonchev–Trinajstić information content (AvgIpc) is 2.39. The van der Waals surface area contributed by atoms with Crippen molar-refractivity contribution in [3.63, 3.8) is 0 Å². The van der Waals surface area contributed by atoms with Crippen LogP contribution < -0.4 is 10.2 Å². The number of amides is 1. The second kappa shape index (κ2) is 6.37. The first-order chi connectivity index (χ1) is 9.45. The fourth-order valence-corrected chi connectivity index (χ4v) is 3.13. The lowest BCUT2D eigenvalue weighted by Crippen LogP contribution is -3.13. The van der Waals surface area contributed by atoms with Gasteiger partial charge >= 0.3 is 0 Å². The zero-order chi connectivity index (χ0) is 14.6. The highest BCUT2D eigenvalue weighted by molar-refractivity contribution is 7.90. The lowest BCUT2D eigenvalue weighted by Gasteiger charge is -2.22. The molecule has 1 aliphatic rings. The Morgan fingerprint density at radius 2 is 1.95 bits per heavy atom. The van der Waals surface area contributed by atoms with Crippen molar-refractivity contribution in [3.8, 4) is 0 Å². The first-order valence-corrected chi connectivity index (χ1v) is 8.78. The Hall–Kier alpha value is -1.40. The number of quaternary nitrogens is 1. The van der Waals surface area contributed by atoms with Gasteiger partial charge in [0.2, 0.25) is 0 Å². The summed E-state index contributed by atoms with van der Waals surface area (Å²) in [5, 5.41) is 2.78. The standard InChI is InChI=1S/C14H20N2O3S/c1-20(18,19)13-7-5-6-12(10-13)15-14(17)11-16-8-3-2-4-9-16/h5-7,10H,2-4,8-9,11H2,1H3,(H,15,17)/p+1. The fraction of sp³-hybridized carbons (Fsp3) is 0.500. The number of benzene rings is 1. The maximum Gasteiger partial charge on any atom is 0.279 e.